The summed E-state index contributed by atoms with van der Waals surface area (Å²) in [6, 6.07) is 0.499. The zero-order valence-corrected chi connectivity index (χ0v) is 19.2. The first kappa shape index (κ1) is 27.1. The molecule has 2 atom stereocenters. The number of methoxy groups -OCH3 is 1. The van der Waals surface area contributed by atoms with Crippen molar-refractivity contribution in [2.75, 3.05) is 31.8 Å². The fourth-order valence-electron chi connectivity index (χ4n) is 2.64. The van der Waals surface area contributed by atoms with E-state index in [0.717, 1.165) is 23.5 Å². The number of fused-ring (bicyclic) bond motifs is 3. The van der Waals surface area contributed by atoms with Crippen LogP contribution in [-0.2, 0) is 19.1 Å². The molecule has 2 unspecified atom stereocenters. The molecule has 3 rings (SSSR count). The SMILES string of the molecule is CC.CC(C)CC=O.COC=O.Cc1nc(Cl)nc2c1OCC1COCC(C)N21. The highest BCUT2D eigenvalue weighted by atomic mass is 35.5. The molecule has 0 saturated carbocycles. The molecule has 0 amide bonds. The van der Waals surface area contributed by atoms with Crippen LogP contribution in [0.1, 0.15) is 46.7 Å². The maximum Gasteiger partial charge on any atom is 0.292 e. The fourth-order valence-corrected chi connectivity index (χ4v) is 2.84. The Morgan fingerprint density at radius 3 is 2.34 bits per heavy atom. The quantitative estimate of drug-likeness (QED) is 0.530. The number of aromatic nitrogens is 2. The van der Waals surface area contributed by atoms with E-state index in [1.54, 1.807) is 0 Å². The van der Waals surface area contributed by atoms with Gasteiger partial charge in [0.05, 0.1) is 38.1 Å². The summed E-state index contributed by atoms with van der Waals surface area (Å²) in [5.41, 5.74) is 0.789. The third-order valence-electron chi connectivity index (χ3n) is 3.86. The predicted octanol–water partition coefficient (Wildman–Crippen LogP) is 3.47. The number of aryl methyl sites for hydroxylation is 1. The Morgan fingerprint density at radius 1 is 1.24 bits per heavy atom. The van der Waals surface area contributed by atoms with E-state index in [9.17, 15) is 4.79 Å². The third-order valence-corrected chi connectivity index (χ3v) is 4.02. The molecule has 166 valence electrons. The van der Waals surface area contributed by atoms with E-state index < -0.39 is 0 Å². The normalized spacial score (nSPS) is 18.7. The maximum atomic E-state index is 9.62. The van der Waals surface area contributed by atoms with Gasteiger partial charge in [0.2, 0.25) is 5.28 Å². The lowest BCUT2D eigenvalue weighted by atomic mass is 10.1. The lowest BCUT2D eigenvalue weighted by Gasteiger charge is -2.44. The van der Waals surface area contributed by atoms with Crippen LogP contribution in [0.3, 0.4) is 0 Å². The molecule has 0 bridgehead atoms. The molecule has 1 fully saturated rings. The van der Waals surface area contributed by atoms with E-state index in [-0.39, 0.29) is 17.4 Å². The minimum Gasteiger partial charge on any atom is -0.486 e. The number of carbonyl (C=O) groups excluding carboxylic acids is 2. The van der Waals surface area contributed by atoms with E-state index in [4.69, 9.17) is 25.9 Å². The van der Waals surface area contributed by atoms with E-state index in [2.05, 4.69) is 26.5 Å². The van der Waals surface area contributed by atoms with Gasteiger partial charge >= 0.3 is 0 Å². The highest BCUT2D eigenvalue weighted by molar-refractivity contribution is 6.28. The Bertz CT molecular complexity index is 616. The Morgan fingerprint density at radius 2 is 1.86 bits per heavy atom. The van der Waals surface area contributed by atoms with Crippen LogP contribution >= 0.6 is 11.6 Å². The molecular weight excluding hydrogens is 398 g/mol. The molecule has 0 aromatic carbocycles. The van der Waals surface area contributed by atoms with Crippen LogP contribution < -0.4 is 9.64 Å². The number of morpholine rings is 1. The predicted molar refractivity (Wildman–Crippen MR) is 114 cm³/mol. The number of hydrogen-bond acceptors (Lipinski definition) is 8. The molecule has 1 saturated heterocycles. The lowest BCUT2D eigenvalue weighted by molar-refractivity contribution is -0.126. The van der Waals surface area contributed by atoms with Crippen molar-refractivity contribution in [3.8, 4) is 5.75 Å². The van der Waals surface area contributed by atoms with Crippen LogP contribution in [0.4, 0.5) is 5.82 Å². The number of aldehydes is 1. The highest BCUT2D eigenvalue weighted by Crippen LogP contribution is 2.37. The summed E-state index contributed by atoms with van der Waals surface area (Å²) in [4.78, 5) is 29.2. The first-order valence-corrected chi connectivity index (χ1v) is 10.2. The van der Waals surface area contributed by atoms with Crippen LogP contribution in [0.25, 0.3) is 0 Å². The second kappa shape index (κ2) is 15.0. The van der Waals surface area contributed by atoms with E-state index in [1.807, 2.05) is 34.6 Å². The van der Waals surface area contributed by atoms with Gasteiger partial charge in [0.25, 0.3) is 6.47 Å². The second-order valence-electron chi connectivity index (χ2n) is 6.62. The van der Waals surface area contributed by atoms with Crippen LogP contribution in [-0.4, -0.2) is 61.7 Å². The average molecular weight is 432 g/mol. The Balaban J connectivity index is 0.000000548. The zero-order chi connectivity index (χ0) is 22.4. The van der Waals surface area contributed by atoms with E-state index in [1.165, 1.54) is 7.11 Å². The van der Waals surface area contributed by atoms with Crippen LogP contribution in [0.5, 0.6) is 5.75 Å². The Kier molecular flexibility index (Phi) is 14.0. The van der Waals surface area contributed by atoms with Crippen molar-refractivity contribution in [1.29, 1.82) is 0 Å². The minimum atomic E-state index is 0.219. The summed E-state index contributed by atoms with van der Waals surface area (Å²) in [5, 5.41) is 0.268. The third kappa shape index (κ3) is 8.95. The van der Waals surface area contributed by atoms with Crippen LogP contribution in [0, 0.1) is 12.8 Å². The topological polar surface area (TPSA) is 90.9 Å². The molecule has 0 N–H and O–H groups in total. The van der Waals surface area contributed by atoms with Crippen molar-refractivity contribution in [3.05, 3.63) is 11.0 Å². The summed E-state index contributed by atoms with van der Waals surface area (Å²) in [5.74, 6) is 2.08. The monoisotopic (exact) mass is 431 g/mol. The molecule has 29 heavy (non-hydrogen) atoms. The van der Waals surface area contributed by atoms with E-state index >= 15 is 0 Å². The van der Waals surface area contributed by atoms with Gasteiger partial charge in [0.15, 0.2) is 11.6 Å². The summed E-state index contributed by atoms with van der Waals surface area (Å²) in [6.07, 6.45) is 1.64. The molecule has 0 aliphatic carbocycles. The first-order valence-electron chi connectivity index (χ1n) is 9.78. The molecule has 2 aliphatic rings. The Hall–Kier alpha value is -1.93. The number of rotatable bonds is 3. The van der Waals surface area contributed by atoms with Gasteiger partial charge in [0.1, 0.15) is 12.9 Å². The van der Waals surface area contributed by atoms with Gasteiger partial charge in [-0.15, -0.1) is 0 Å². The van der Waals surface area contributed by atoms with Crippen LogP contribution in [0.2, 0.25) is 5.28 Å². The van der Waals surface area contributed by atoms with E-state index in [0.29, 0.717) is 38.6 Å². The number of carbonyl (C=O) groups is 2. The highest BCUT2D eigenvalue weighted by Gasteiger charge is 2.36. The van der Waals surface area contributed by atoms with Gasteiger partial charge in [-0.1, -0.05) is 27.7 Å². The second-order valence-corrected chi connectivity index (χ2v) is 6.96. The molecule has 2 aliphatic heterocycles. The van der Waals surface area contributed by atoms with Gasteiger partial charge in [0, 0.05) is 6.42 Å². The fraction of sp³-hybridized carbons (Fsp3) is 0.700. The van der Waals surface area contributed by atoms with Crippen molar-refractivity contribution in [2.45, 2.75) is 60.0 Å². The average Bonchev–Trinajstić information content (AvgIpc) is 2.70. The van der Waals surface area contributed by atoms with Gasteiger partial charge < -0.3 is 23.9 Å². The number of nitrogens with zero attached hydrogens (tertiary/aromatic N) is 3. The van der Waals surface area contributed by atoms with Gasteiger partial charge in [-0.3, -0.25) is 4.79 Å². The molecule has 0 radical (unpaired) electrons. The molecule has 1 aromatic heterocycles. The minimum absolute atomic E-state index is 0.219. The molecule has 1 aromatic rings. The van der Waals surface area contributed by atoms with Gasteiger partial charge in [-0.25, -0.2) is 4.98 Å². The zero-order valence-electron chi connectivity index (χ0n) is 18.5. The summed E-state index contributed by atoms with van der Waals surface area (Å²) >= 11 is 5.93. The molecule has 8 nitrogen and oxygen atoms in total. The standard InChI is InChI=1S/C11H14ClN3O2.C5H10O.C2H4O2.C2H6/c1-6-3-16-4-8-5-17-9-7(2)13-11(12)14-10(9)15(6)8;1-5(2)3-4-6;1-4-2-3;1-2/h6,8H,3-5H2,1-2H3;4-5H,3H2,1-2H3;2H,1H3;1-2H3. The number of ether oxygens (including phenoxy) is 3. The van der Waals surface area contributed by atoms with Crippen molar-refractivity contribution in [3.63, 3.8) is 0 Å². The largest absolute Gasteiger partial charge is 0.486 e. The van der Waals surface area contributed by atoms with Gasteiger partial charge in [-0.05, 0) is 31.4 Å². The molecule has 9 heteroatoms. The summed E-state index contributed by atoms with van der Waals surface area (Å²) in [7, 11) is 1.31. The first-order chi connectivity index (χ1) is 13.8. The summed E-state index contributed by atoms with van der Waals surface area (Å²) in [6.45, 7) is 14.4. The van der Waals surface area contributed by atoms with Crippen LogP contribution in [0.15, 0.2) is 0 Å². The molecular formula is C20H34ClN3O5. The molecule has 0 spiro atoms. The van der Waals surface area contributed by atoms with Crippen molar-refractivity contribution < 1.29 is 23.8 Å². The van der Waals surface area contributed by atoms with Crippen molar-refractivity contribution in [1.82, 2.24) is 9.97 Å². The molecule has 3 heterocycles. The smallest absolute Gasteiger partial charge is 0.292 e. The van der Waals surface area contributed by atoms with Gasteiger partial charge in [-0.2, -0.15) is 4.98 Å². The summed E-state index contributed by atoms with van der Waals surface area (Å²) < 4.78 is 15.1. The van der Waals surface area contributed by atoms with Crippen molar-refractivity contribution >= 4 is 30.2 Å². The number of halogens is 1. The maximum absolute atomic E-state index is 9.62. The van der Waals surface area contributed by atoms with Crippen molar-refractivity contribution in [2.24, 2.45) is 5.92 Å². The lowest BCUT2D eigenvalue weighted by Crippen LogP contribution is -2.56. The Labute approximate surface area is 178 Å². The number of anilines is 1. The number of hydrogen-bond donors (Lipinski definition) is 0.